The van der Waals surface area contributed by atoms with Crippen molar-refractivity contribution in [2.24, 2.45) is 5.92 Å². The lowest BCUT2D eigenvalue weighted by Crippen LogP contribution is -2.30. The fourth-order valence-electron chi connectivity index (χ4n) is 1.99. The van der Waals surface area contributed by atoms with E-state index in [0.717, 1.165) is 12.0 Å². The SMILES string of the molecule is CC(C)COc1ccccc1NC(=O)NCCc1cccnc1. The zero-order chi connectivity index (χ0) is 16.5. The number of aromatic nitrogens is 1. The molecule has 0 aliphatic carbocycles. The van der Waals surface area contributed by atoms with Gasteiger partial charge in [0.25, 0.3) is 0 Å². The molecule has 0 spiro atoms. The Morgan fingerprint density at radius 3 is 2.78 bits per heavy atom. The molecule has 1 aromatic heterocycles. The number of ether oxygens (including phenoxy) is 1. The summed E-state index contributed by atoms with van der Waals surface area (Å²) in [7, 11) is 0. The molecule has 5 nitrogen and oxygen atoms in total. The molecule has 0 unspecified atom stereocenters. The Morgan fingerprint density at radius 2 is 2.04 bits per heavy atom. The van der Waals surface area contributed by atoms with Gasteiger partial charge in [-0.1, -0.05) is 32.0 Å². The fourth-order valence-corrected chi connectivity index (χ4v) is 1.99. The van der Waals surface area contributed by atoms with Crippen molar-refractivity contribution in [3.8, 4) is 5.75 Å². The molecule has 122 valence electrons. The van der Waals surface area contributed by atoms with E-state index in [9.17, 15) is 4.79 Å². The van der Waals surface area contributed by atoms with Crippen molar-refractivity contribution < 1.29 is 9.53 Å². The summed E-state index contributed by atoms with van der Waals surface area (Å²) in [5.74, 6) is 1.11. The molecule has 0 radical (unpaired) electrons. The molecule has 0 saturated carbocycles. The van der Waals surface area contributed by atoms with Gasteiger partial charge in [0.1, 0.15) is 5.75 Å². The van der Waals surface area contributed by atoms with Gasteiger partial charge in [-0.05, 0) is 36.1 Å². The zero-order valence-corrected chi connectivity index (χ0v) is 13.6. The van der Waals surface area contributed by atoms with Crippen molar-refractivity contribution in [2.45, 2.75) is 20.3 Å². The summed E-state index contributed by atoms with van der Waals surface area (Å²) < 4.78 is 5.72. The second-order valence-electron chi connectivity index (χ2n) is 5.69. The first-order chi connectivity index (χ1) is 11.1. The van der Waals surface area contributed by atoms with Gasteiger partial charge in [0.05, 0.1) is 12.3 Å². The van der Waals surface area contributed by atoms with E-state index in [-0.39, 0.29) is 6.03 Å². The third-order valence-electron chi connectivity index (χ3n) is 3.13. The van der Waals surface area contributed by atoms with E-state index in [1.165, 1.54) is 0 Å². The standard InChI is InChI=1S/C18H23N3O2/c1-14(2)13-23-17-8-4-3-7-16(17)21-18(22)20-11-9-15-6-5-10-19-12-15/h3-8,10,12,14H,9,11,13H2,1-2H3,(H2,20,21,22). The Labute approximate surface area is 137 Å². The highest BCUT2D eigenvalue weighted by Crippen LogP contribution is 2.24. The van der Waals surface area contributed by atoms with E-state index >= 15 is 0 Å². The molecule has 2 amide bonds. The number of hydrogen-bond donors (Lipinski definition) is 2. The van der Waals surface area contributed by atoms with E-state index in [1.807, 2.05) is 36.4 Å². The number of nitrogens with zero attached hydrogens (tertiary/aromatic N) is 1. The lowest BCUT2D eigenvalue weighted by Gasteiger charge is -2.14. The molecule has 1 heterocycles. The normalized spacial score (nSPS) is 10.4. The van der Waals surface area contributed by atoms with Crippen molar-refractivity contribution in [1.29, 1.82) is 0 Å². The highest BCUT2D eigenvalue weighted by Gasteiger charge is 2.07. The van der Waals surface area contributed by atoms with Crippen LogP contribution in [-0.2, 0) is 6.42 Å². The number of rotatable bonds is 7. The molecule has 0 atom stereocenters. The number of urea groups is 1. The Hall–Kier alpha value is -2.56. The zero-order valence-electron chi connectivity index (χ0n) is 13.6. The van der Waals surface area contributed by atoms with Crippen LogP contribution in [0.3, 0.4) is 0 Å². The van der Waals surface area contributed by atoms with Crippen LogP contribution >= 0.6 is 0 Å². The molecular weight excluding hydrogens is 290 g/mol. The number of nitrogens with one attached hydrogen (secondary N) is 2. The summed E-state index contributed by atoms with van der Waals surface area (Å²) >= 11 is 0. The highest BCUT2D eigenvalue weighted by molar-refractivity contribution is 5.90. The van der Waals surface area contributed by atoms with Gasteiger partial charge >= 0.3 is 6.03 Å². The number of anilines is 1. The van der Waals surface area contributed by atoms with E-state index < -0.39 is 0 Å². The van der Waals surface area contributed by atoms with Crippen LogP contribution in [0.1, 0.15) is 19.4 Å². The van der Waals surface area contributed by atoms with Gasteiger partial charge in [0.15, 0.2) is 0 Å². The van der Waals surface area contributed by atoms with Crippen molar-refractivity contribution in [2.75, 3.05) is 18.5 Å². The van der Waals surface area contributed by atoms with Crippen LogP contribution in [0.5, 0.6) is 5.75 Å². The molecule has 5 heteroatoms. The maximum atomic E-state index is 12.0. The summed E-state index contributed by atoms with van der Waals surface area (Å²) in [4.78, 5) is 16.1. The first kappa shape index (κ1) is 16.8. The quantitative estimate of drug-likeness (QED) is 0.822. The first-order valence-electron chi connectivity index (χ1n) is 7.80. The van der Waals surface area contributed by atoms with Gasteiger partial charge < -0.3 is 15.4 Å². The maximum Gasteiger partial charge on any atom is 0.319 e. The van der Waals surface area contributed by atoms with E-state index in [2.05, 4.69) is 29.5 Å². The van der Waals surface area contributed by atoms with Crippen molar-refractivity contribution in [1.82, 2.24) is 10.3 Å². The summed E-state index contributed by atoms with van der Waals surface area (Å²) in [5, 5.41) is 5.67. The molecule has 2 N–H and O–H groups in total. The molecule has 1 aromatic carbocycles. The molecule has 23 heavy (non-hydrogen) atoms. The van der Waals surface area contributed by atoms with E-state index in [1.54, 1.807) is 12.4 Å². The van der Waals surface area contributed by atoms with E-state index in [0.29, 0.717) is 30.5 Å². The Balaban J connectivity index is 1.83. The van der Waals surface area contributed by atoms with Gasteiger partial charge in [-0.15, -0.1) is 0 Å². The predicted molar refractivity (Wildman–Crippen MR) is 91.7 cm³/mol. The maximum absolute atomic E-state index is 12.0. The van der Waals surface area contributed by atoms with Crippen LogP contribution < -0.4 is 15.4 Å². The molecule has 0 aliphatic heterocycles. The lowest BCUT2D eigenvalue weighted by atomic mass is 10.2. The second kappa shape index (κ2) is 8.78. The molecule has 2 aromatic rings. The minimum Gasteiger partial charge on any atom is -0.491 e. The molecule has 0 bridgehead atoms. The Kier molecular flexibility index (Phi) is 6.41. The van der Waals surface area contributed by atoms with Crippen molar-refractivity contribution >= 4 is 11.7 Å². The fraction of sp³-hybridized carbons (Fsp3) is 0.333. The summed E-state index contributed by atoms with van der Waals surface area (Å²) in [6.07, 6.45) is 4.28. The van der Waals surface area contributed by atoms with Gasteiger partial charge in [0, 0.05) is 18.9 Å². The monoisotopic (exact) mass is 313 g/mol. The molecule has 0 fully saturated rings. The Bertz CT molecular complexity index is 615. The molecule has 0 aliphatic rings. The van der Waals surface area contributed by atoms with Crippen molar-refractivity contribution in [3.63, 3.8) is 0 Å². The number of amides is 2. The van der Waals surface area contributed by atoms with Crippen LogP contribution in [-0.4, -0.2) is 24.2 Å². The van der Waals surface area contributed by atoms with Crippen LogP contribution in [0.15, 0.2) is 48.8 Å². The van der Waals surface area contributed by atoms with Gasteiger partial charge in [-0.3, -0.25) is 4.98 Å². The summed E-state index contributed by atoms with van der Waals surface area (Å²) in [6, 6.07) is 11.1. The molecule has 0 saturated heterocycles. The van der Waals surface area contributed by atoms with Crippen LogP contribution in [0.25, 0.3) is 0 Å². The third-order valence-corrected chi connectivity index (χ3v) is 3.13. The smallest absolute Gasteiger partial charge is 0.319 e. The minimum atomic E-state index is -0.241. The van der Waals surface area contributed by atoms with Crippen LogP contribution in [0.2, 0.25) is 0 Å². The number of pyridine rings is 1. The Morgan fingerprint density at radius 1 is 1.22 bits per heavy atom. The van der Waals surface area contributed by atoms with Crippen LogP contribution in [0.4, 0.5) is 10.5 Å². The second-order valence-corrected chi connectivity index (χ2v) is 5.69. The number of hydrogen-bond acceptors (Lipinski definition) is 3. The summed E-state index contributed by atoms with van der Waals surface area (Å²) in [6.45, 7) is 5.33. The number of carbonyl (C=O) groups excluding carboxylic acids is 1. The molecular formula is C18H23N3O2. The van der Waals surface area contributed by atoms with Gasteiger partial charge in [0.2, 0.25) is 0 Å². The highest BCUT2D eigenvalue weighted by atomic mass is 16.5. The number of para-hydroxylation sites is 2. The molecule has 2 rings (SSSR count). The van der Waals surface area contributed by atoms with Gasteiger partial charge in [-0.25, -0.2) is 4.79 Å². The van der Waals surface area contributed by atoms with Crippen molar-refractivity contribution in [3.05, 3.63) is 54.4 Å². The first-order valence-corrected chi connectivity index (χ1v) is 7.80. The average Bonchev–Trinajstić information content (AvgIpc) is 2.55. The third kappa shape index (κ3) is 5.98. The van der Waals surface area contributed by atoms with Crippen LogP contribution in [0, 0.1) is 5.92 Å². The number of carbonyl (C=O) groups is 1. The minimum absolute atomic E-state index is 0.241. The van der Waals surface area contributed by atoms with Gasteiger partial charge in [-0.2, -0.15) is 0 Å². The summed E-state index contributed by atoms with van der Waals surface area (Å²) in [5.41, 5.74) is 1.76. The lowest BCUT2D eigenvalue weighted by molar-refractivity contribution is 0.251. The number of benzene rings is 1. The average molecular weight is 313 g/mol. The van der Waals surface area contributed by atoms with E-state index in [4.69, 9.17) is 4.74 Å². The topological polar surface area (TPSA) is 63.2 Å². The largest absolute Gasteiger partial charge is 0.491 e. The predicted octanol–water partition coefficient (Wildman–Crippen LogP) is 3.48.